The molecule has 0 radical (unpaired) electrons. The summed E-state index contributed by atoms with van der Waals surface area (Å²) in [5.41, 5.74) is 2.87. The molecule has 0 aromatic carbocycles. The third-order valence-electron chi connectivity index (χ3n) is 1.90. The maximum Gasteiger partial charge on any atom is 0.0849 e. The van der Waals surface area contributed by atoms with Gasteiger partial charge in [0.2, 0.25) is 0 Å². The zero-order valence-electron chi connectivity index (χ0n) is 7.88. The van der Waals surface area contributed by atoms with Crippen molar-refractivity contribution in [2.45, 2.75) is 13.0 Å². The van der Waals surface area contributed by atoms with E-state index in [9.17, 15) is 0 Å². The van der Waals surface area contributed by atoms with Crippen LogP contribution in [0.5, 0.6) is 0 Å². The summed E-state index contributed by atoms with van der Waals surface area (Å²) in [6, 6.07) is 0. The van der Waals surface area contributed by atoms with Gasteiger partial charge in [-0.2, -0.15) is 5.48 Å². The van der Waals surface area contributed by atoms with E-state index in [4.69, 9.17) is 9.57 Å². The predicted octanol–water partition coefficient (Wildman–Crippen LogP) is -0.142. The number of hydrogen-bond acceptors (Lipinski definition) is 4. The lowest BCUT2D eigenvalue weighted by molar-refractivity contribution is -0.0486. The molecule has 0 spiro atoms. The van der Waals surface area contributed by atoms with E-state index in [1.165, 1.54) is 0 Å². The molecule has 0 saturated carbocycles. The average Bonchev–Trinajstić information content (AvgIpc) is 2.05. The zero-order chi connectivity index (χ0) is 8.81. The summed E-state index contributed by atoms with van der Waals surface area (Å²) in [6.45, 7) is 6.28. The van der Waals surface area contributed by atoms with Crippen LogP contribution in [0.15, 0.2) is 0 Å². The Bertz CT molecular complexity index is 122. The third kappa shape index (κ3) is 3.49. The van der Waals surface area contributed by atoms with Gasteiger partial charge in [-0.15, -0.1) is 0 Å². The van der Waals surface area contributed by atoms with Crippen LogP contribution in [0.1, 0.15) is 6.92 Å². The Morgan fingerprint density at radius 3 is 3.17 bits per heavy atom. The minimum absolute atomic E-state index is 0.273. The Hall–Kier alpha value is -0.160. The van der Waals surface area contributed by atoms with E-state index >= 15 is 0 Å². The van der Waals surface area contributed by atoms with Gasteiger partial charge in [0.05, 0.1) is 19.3 Å². The number of hydrogen-bond donors (Lipinski definition) is 1. The molecule has 1 N–H and O–H groups in total. The fourth-order valence-corrected chi connectivity index (χ4v) is 1.24. The Morgan fingerprint density at radius 2 is 2.50 bits per heavy atom. The van der Waals surface area contributed by atoms with Crippen molar-refractivity contribution in [1.82, 2.24) is 10.4 Å². The number of likely N-dealkylation sites (N-methyl/N-ethyl adjacent to an activating group) is 1. The molecule has 1 aliphatic heterocycles. The van der Waals surface area contributed by atoms with Crippen molar-refractivity contribution in [3.63, 3.8) is 0 Å². The maximum absolute atomic E-state index is 5.51. The third-order valence-corrected chi connectivity index (χ3v) is 1.90. The zero-order valence-corrected chi connectivity index (χ0v) is 7.88. The fourth-order valence-electron chi connectivity index (χ4n) is 1.24. The van der Waals surface area contributed by atoms with Crippen molar-refractivity contribution in [3.8, 4) is 0 Å². The first-order chi connectivity index (χ1) is 5.83. The Labute approximate surface area is 73.8 Å². The van der Waals surface area contributed by atoms with Crippen LogP contribution in [0.4, 0.5) is 0 Å². The highest BCUT2D eigenvalue weighted by Crippen LogP contribution is 2.01. The van der Waals surface area contributed by atoms with E-state index in [0.29, 0.717) is 6.61 Å². The number of ether oxygens (including phenoxy) is 1. The van der Waals surface area contributed by atoms with Gasteiger partial charge in [-0.3, -0.25) is 0 Å². The van der Waals surface area contributed by atoms with E-state index in [0.717, 1.165) is 26.2 Å². The molecule has 1 atom stereocenters. The standard InChI is InChI=1S/C8H18N2O2/c1-3-12-9-6-8-7-10(2)4-5-11-8/h8-9H,3-7H2,1-2H3. The van der Waals surface area contributed by atoms with Crippen molar-refractivity contribution in [3.05, 3.63) is 0 Å². The first-order valence-corrected chi connectivity index (χ1v) is 4.47. The van der Waals surface area contributed by atoms with Crippen molar-refractivity contribution >= 4 is 0 Å². The maximum atomic E-state index is 5.51. The number of morpholine rings is 1. The van der Waals surface area contributed by atoms with Crippen LogP contribution in [-0.2, 0) is 9.57 Å². The van der Waals surface area contributed by atoms with Gasteiger partial charge in [-0.25, -0.2) is 0 Å². The molecule has 0 amide bonds. The normalized spacial score (nSPS) is 26.0. The number of nitrogens with one attached hydrogen (secondary N) is 1. The van der Waals surface area contributed by atoms with E-state index in [2.05, 4.69) is 17.4 Å². The Morgan fingerprint density at radius 1 is 1.67 bits per heavy atom. The second kappa shape index (κ2) is 5.48. The van der Waals surface area contributed by atoms with Crippen molar-refractivity contribution in [2.24, 2.45) is 0 Å². The Balaban J connectivity index is 2.06. The highest BCUT2D eigenvalue weighted by molar-refractivity contribution is 4.69. The predicted molar refractivity (Wildman–Crippen MR) is 46.9 cm³/mol. The molecule has 0 aliphatic carbocycles. The highest BCUT2D eigenvalue weighted by atomic mass is 16.6. The van der Waals surface area contributed by atoms with Crippen molar-refractivity contribution in [2.75, 3.05) is 39.9 Å². The first-order valence-electron chi connectivity index (χ1n) is 4.47. The highest BCUT2D eigenvalue weighted by Gasteiger charge is 2.16. The lowest BCUT2D eigenvalue weighted by Gasteiger charge is -2.29. The lowest BCUT2D eigenvalue weighted by atomic mass is 10.3. The monoisotopic (exact) mass is 174 g/mol. The minimum Gasteiger partial charge on any atom is -0.374 e. The summed E-state index contributed by atoms with van der Waals surface area (Å²) in [4.78, 5) is 7.29. The molecule has 4 heteroatoms. The molecular weight excluding hydrogens is 156 g/mol. The van der Waals surface area contributed by atoms with Crippen LogP contribution in [0, 0.1) is 0 Å². The first kappa shape index (κ1) is 9.92. The van der Waals surface area contributed by atoms with Gasteiger partial charge >= 0.3 is 0 Å². The van der Waals surface area contributed by atoms with Crippen LogP contribution >= 0.6 is 0 Å². The molecule has 1 unspecified atom stereocenters. The van der Waals surface area contributed by atoms with E-state index < -0.39 is 0 Å². The molecule has 1 heterocycles. The number of nitrogens with zero attached hydrogens (tertiary/aromatic N) is 1. The van der Waals surface area contributed by atoms with Gasteiger partial charge < -0.3 is 14.5 Å². The summed E-state index contributed by atoms with van der Waals surface area (Å²) >= 11 is 0. The summed E-state index contributed by atoms with van der Waals surface area (Å²) in [7, 11) is 2.11. The minimum atomic E-state index is 0.273. The van der Waals surface area contributed by atoms with Gasteiger partial charge in [-0.1, -0.05) is 0 Å². The molecule has 0 bridgehead atoms. The molecule has 1 rings (SSSR count). The molecule has 4 nitrogen and oxygen atoms in total. The lowest BCUT2D eigenvalue weighted by Crippen LogP contribution is -2.44. The van der Waals surface area contributed by atoms with Crippen molar-refractivity contribution in [1.29, 1.82) is 0 Å². The molecule has 72 valence electrons. The molecule has 1 aliphatic rings. The van der Waals surface area contributed by atoms with Crippen molar-refractivity contribution < 1.29 is 9.57 Å². The second-order valence-corrected chi connectivity index (χ2v) is 3.04. The molecule has 1 saturated heterocycles. The number of rotatable bonds is 4. The quantitative estimate of drug-likeness (QED) is 0.475. The Kier molecular flexibility index (Phi) is 4.53. The molecule has 1 fully saturated rings. The molecule has 12 heavy (non-hydrogen) atoms. The van der Waals surface area contributed by atoms with Crippen LogP contribution in [0.2, 0.25) is 0 Å². The SMILES string of the molecule is CCONCC1CN(C)CCO1. The van der Waals surface area contributed by atoms with Gasteiger partial charge in [-0.05, 0) is 14.0 Å². The van der Waals surface area contributed by atoms with E-state index in [1.807, 2.05) is 6.92 Å². The smallest absolute Gasteiger partial charge is 0.0849 e. The van der Waals surface area contributed by atoms with Gasteiger partial charge in [0.25, 0.3) is 0 Å². The van der Waals surface area contributed by atoms with Crippen LogP contribution in [-0.4, -0.2) is 50.9 Å². The molecule has 0 aromatic heterocycles. The van der Waals surface area contributed by atoms with Crippen LogP contribution in [0.25, 0.3) is 0 Å². The van der Waals surface area contributed by atoms with E-state index in [1.54, 1.807) is 0 Å². The fraction of sp³-hybridized carbons (Fsp3) is 1.00. The van der Waals surface area contributed by atoms with Gasteiger partial charge in [0, 0.05) is 19.6 Å². The summed E-state index contributed by atoms with van der Waals surface area (Å²) < 4.78 is 5.51. The van der Waals surface area contributed by atoms with Gasteiger partial charge in [0.15, 0.2) is 0 Å². The topological polar surface area (TPSA) is 33.7 Å². The number of hydroxylamine groups is 1. The summed E-state index contributed by atoms with van der Waals surface area (Å²) in [5, 5.41) is 0. The van der Waals surface area contributed by atoms with Gasteiger partial charge in [0.1, 0.15) is 0 Å². The van der Waals surface area contributed by atoms with E-state index in [-0.39, 0.29) is 6.10 Å². The van der Waals surface area contributed by atoms with Crippen LogP contribution in [0.3, 0.4) is 0 Å². The largest absolute Gasteiger partial charge is 0.374 e. The van der Waals surface area contributed by atoms with Crippen LogP contribution < -0.4 is 5.48 Å². The second-order valence-electron chi connectivity index (χ2n) is 3.04. The molecular formula is C8H18N2O2. The average molecular weight is 174 g/mol. The summed E-state index contributed by atoms with van der Waals surface area (Å²) in [5.74, 6) is 0. The molecule has 0 aromatic rings. The summed E-state index contributed by atoms with van der Waals surface area (Å²) in [6.07, 6.45) is 0.273.